The molecular weight excluding hydrogens is 466 g/mol. The zero-order valence-electron chi connectivity index (χ0n) is 21.9. The number of amides is 1. The Kier molecular flexibility index (Phi) is 8.84. The van der Waals surface area contributed by atoms with Gasteiger partial charge >= 0.3 is 0 Å². The molecule has 0 unspecified atom stereocenters. The van der Waals surface area contributed by atoms with Crippen LogP contribution in [0.2, 0.25) is 5.02 Å². The lowest BCUT2D eigenvalue weighted by Gasteiger charge is -2.48. The maximum Gasteiger partial charge on any atom is 0.254 e. The summed E-state index contributed by atoms with van der Waals surface area (Å²) in [6.07, 6.45) is 0. The Labute approximate surface area is 221 Å². The molecule has 4 rings (SSSR count). The molecule has 0 saturated carbocycles. The molecule has 5 heteroatoms. The van der Waals surface area contributed by atoms with E-state index in [9.17, 15) is 4.79 Å². The monoisotopic (exact) mass is 503 g/mol. The first-order chi connectivity index (χ1) is 17.4. The number of nitrogens with zero attached hydrogens (tertiary/aromatic N) is 3. The number of rotatable bonds is 8. The van der Waals surface area contributed by atoms with Crippen molar-refractivity contribution >= 4 is 17.5 Å². The van der Waals surface area contributed by atoms with Crippen LogP contribution >= 0.6 is 11.6 Å². The fraction of sp³-hybridized carbons (Fsp3) is 0.387. The first kappa shape index (κ1) is 26.4. The van der Waals surface area contributed by atoms with E-state index in [-0.39, 0.29) is 11.9 Å². The smallest absolute Gasteiger partial charge is 0.254 e. The normalized spacial score (nSPS) is 19.7. The van der Waals surface area contributed by atoms with Gasteiger partial charge in [-0.3, -0.25) is 14.6 Å². The molecule has 190 valence electrons. The highest BCUT2D eigenvalue weighted by atomic mass is 35.5. The van der Waals surface area contributed by atoms with Gasteiger partial charge in [0, 0.05) is 55.4 Å². The van der Waals surface area contributed by atoms with Crippen molar-refractivity contribution in [2.75, 3.05) is 26.2 Å². The molecule has 0 radical (unpaired) electrons. The third-order valence-corrected chi connectivity index (χ3v) is 7.66. The van der Waals surface area contributed by atoms with Crippen LogP contribution in [0.25, 0.3) is 0 Å². The molecule has 3 aromatic rings. The topological polar surface area (TPSA) is 26.8 Å². The van der Waals surface area contributed by atoms with Crippen molar-refractivity contribution in [2.24, 2.45) is 0 Å². The first-order valence-electron chi connectivity index (χ1n) is 13.1. The van der Waals surface area contributed by atoms with Gasteiger partial charge in [-0.15, -0.1) is 0 Å². The molecule has 1 aliphatic rings. The van der Waals surface area contributed by atoms with Gasteiger partial charge in [0.2, 0.25) is 0 Å². The molecule has 1 aliphatic heterocycles. The molecule has 0 N–H and O–H groups in total. The van der Waals surface area contributed by atoms with Gasteiger partial charge < -0.3 is 4.90 Å². The number of benzene rings is 3. The molecule has 1 heterocycles. The molecule has 3 aromatic carbocycles. The summed E-state index contributed by atoms with van der Waals surface area (Å²) in [7, 11) is 0. The highest BCUT2D eigenvalue weighted by molar-refractivity contribution is 6.30. The highest BCUT2D eigenvalue weighted by Crippen LogP contribution is 2.35. The van der Waals surface area contributed by atoms with Gasteiger partial charge in [-0.25, -0.2) is 0 Å². The molecule has 0 bridgehead atoms. The van der Waals surface area contributed by atoms with Crippen LogP contribution in [0.5, 0.6) is 0 Å². The number of hydrogen-bond donors (Lipinski definition) is 0. The summed E-state index contributed by atoms with van der Waals surface area (Å²) in [5.74, 6) is 0.108. The van der Waals surface area contributed by atoms with E-state index in [0.29, 0.717) is 25.2 Å². The average molecular weight is 504 g/mol. The lowest BCUT2D eigenvalue weighted by molar-refractivity contribution is 0.0192. The van der Waals surface area contributed by atoms with E-state index in [1.807, 2.05) is 43.0 Å². The van der Waals surface area contributed by atoms with Crippen molar-refractivity contribution < 1.29 is 4.79 Å². The first-order valence-corrected chi connectivity index (χ1v) is 13.5. The lowest BCUT2D eigenvalue weighted by Crippen LogP contribution is -2.57. The molecule has 4 nitrogen and oxygen atoms in total. The number of carbonyl (C=O) groups excluding carboxylic acids is 1. The minimum atomic E-state index is 0.00711. The third kappa shape index (κ3) is 5.83. The van der Waals surface area contributed by atoms with Crippen molar-refractivity contribution in [2.45, 2.75) is 52.4 Å². The number of hydrogen-bond acceptors (Lipinski definition) is 3. The van der Waals surface area contributed by atoms with Crippen LogP contribution in [-0.4, -0.2) is 58.9 Å². The Hall–Kier alpha value is -2.66. The Bertz CT molecular complexity index is 1150. The van der Waals surface area contributed by atoms with Gasteiger partial charge in [-0.2, -0.15) is 0 Å². The van der Waals surface area contributed by atoms with E-state index in [1.165, 1.54) is 11.1 Å². The molecular formula is C31H38ClN3O. The van der Waals surface area contributed by atoms with Gasteiger partial charge in [0.1, 0.15) is 0 Å². The second-order valence-corrected chi connectivity index (χ2v) is 10.3. The Morgan fingerprint density at radius 3 is 2.31 bits per heavy atom. The molecule has 0 spiro atoms. The van der Waals surface area contributed by atoms with Gasteiger partial charge in [-0.05, 0) is 62.6 Å². The summed E-state index contributed by atoms with van der Waals surface area (Å²) in [6.45, 7) is 12.8. The van der Waals surface area contributed by atoms with E-state index in [1.54, 1.807) is 0 Å². The van der Waals surface area contributed by atoms with Crippen LogP contribution in [0, 0.1) is 0 Å². The summed E-state index contributed by atoms with van der Waals surface area (Å²) >= 11 is 6.25. The van der Waals surface area contributed by atoms with Crippen LogP contribution in [0.1, 0.15) is 60.8 Å². The maximum atomic E-state index is 13.6. The van der Waals surface area contributed by atoms with Gasteiger partial charge in [0.05, 0.1) is 6.04 Å². The third-order valence-electron chi connectivity index (χ3n) is 7.42. The summed E-state index contributed by atoms with van der Waals surface area (Å²) in [5, 5.41) is 0.783. The van der Waals surface area contributed by atoms with Gasteiger partial charge in [0.15, 0.2) is 0 Å². The van der Waals surface area contributed by atoms with Crippen molar-refractivity contribution in [1.82, 2.24) is 14.7 Å². The highest BCUT2D eigenvalue weighted by Gasteiger charge is 2.36. The van der Waals surface area contributed by atoms with Crippen molar-refractivity contribution in [3.05, 3.63) is 106 Å². The van der Waals surface area contributed by atoms with E-state index >= 15 is 0 Å². The van der Waals surface area contributed by atoms with Crippen molar-refractivity contribution in [3.8, 4) is 0 Å². The van der Waals surface area contributed by atoms with E-state index in [0.717, 1.165) is 35.8 Å². The molecule has 36 heavy (non-hydrogen) atoms. The zero-order valence-corrected chi connectivity index (χ0v) is 22.7. The second-order valence-electron chi connectivity index (χ2n) is 9.83. The van der Waals surface area contributed by atoms with Crippen LogP contribution in [0.4, 0.5) is 0 Å². The quantitative estimate of drug-likeness (QED) is 0.350. The van der Waals surface area contributed by atoms with E-state index < -0.39 is 0 Å². The van der Waals surface area contributed by atoms with Gasteiger partial charge in [0.25, 0.3) is 5.91 Å². The summed E-state index contributed by atoms with van der Waals surface area (Å²) in [5.41, 5.74) is 4.35. The van der Waals surface area contributed by atoms with Crippen LogP contribution < -0.4 is 0 Å². The summed E-state index contributed by atoms with van der Waals surface area (Å²) in [4.78, 5) is 20.6. The van der Waals surface area contributed by atoms with E-state index in [4.69, 9.17) is 11.6 Å². The second kappa shape index (κ2) is 12.1. The molecule has 1 saturated heterocycles. The molecule has 1 amide bonds. The van der Waals surface area contributed by atoms with Gasteiger partial charge in [-0.1, -0.05) is 72.3 Å². The number of carbonyl (C=O) groups is 1. The Morgan fingerprint density at radius 1 is 0.917 bits per heavy atom. The molecule has 0 aromatic heterocycles. The maximum absolute atomic E-state index is 13.6. The van der Waals surface area contributed by atoms with Crippen LogP contribution in [0.3, 0.4) is 0 Å². The number of halogens is 1. The predicted molar refractivity (Wildman–Crippen MR) is 149 cm³/mol. The largest absolute Gasteiger partial charge is 0.339 e. The molecule has 0 aliphatic carbocycles. The Morgan fingerprint density at radius 2 is 1.61 bits per heavy atom. The van der Waals surface area contributed by atoms with Crippen LogP contribution in [-0.2, 0) is 6.54 Å². The molecule has 1 fully saturated rings. The predicted octanol–water partition coefficient (Wildman–Crippen LogP) is 6.51. The fourth-order valence-corrected chi connectivity index (χ4v) is 5.68. The molecule has 3 atom stereocenters. The summed E-state index contributed by atoms with van der Waals surface area (Å²) < 4.78 is 0. The minimum absolute atomic E-state index is 0.00711. The fourth-order valence-electron chi connectivity index (χ4n) is 5.47. The Balaban J connectivity index is 1.68. The van der Waals surface area contributed by atoms with Crippen molar-refractivity contribution in [1.29, 1.82) is 0 Å². The van der Waals surface area contributed by atoms with Crippen LogP contribution in [0.15, 0.2) is 78.9 Å². The zero-order chi connectivity index (χ0) is 25.7. The van der Waals surface area contributed by atoms with E-state index in [2.05, 4.69) is 78.2 Å². The minimum Gasteiger partial charge on any atom is -0.339 e. The SMILES string of the molecule is CCN(CC)C(=O)c1ccccc1[C@H](c1ccccc1)N1C[C@@H](C)N(Cc2cccc(Cl)c2)C[C@@H]1C. The average Bonchev–Trinajstić information content (AvgIpc) is 2.88. The summed E-state index contributed by atoms with van der Waals surface area (Å²) in [6, 6.07) is 27.7. The van der Waals surface area contributed by atoms with Crippen molar-refractivity contribution in [3.63, 3.8) is 0 Å². The number of piperazine rings is 1. The standard InChI is InChI=1S/C31H38ClN3O/c1-5-33(6-2)31(36)29-18-11-10-17-28(29)30(26-14-8-7-9-15-26)35-21-23(3)34(20-24(35)4)22-25-13-12-16-27(32)19-25/h7-19,23-24,30H,5-6,20-22H2,1-4H3/t23-,24+,30+/m1/s1. The lowest BCUT2D eigenvalue weighted by atomic mass is 9.90.